The Morgan fingerprint density at radius 2 is 1.80 bits per heavy atom. The third kappa shape index (κ3) is 4.99. The van der Waals surface area contributed by atoms with Gasteiger partial charge in [0.2, 0.25) is 5.95 Å². The molecule has 0 spiro atoms. The van der Waals surface area contributed by atoms with Crippen LogP contribution in [0.25, 0.3) is 22.2 Å². The van der Waals surface area contributed by atoms with Gasteiger partial charge < -0.3 is 29.2 Å². The summed E-state index contributed by atoms with van der Waals surface area (Å²) in [5.74, 6) is -1.61. The van der Waals surface area contributed by atoms with Gasteiger partial charge in [0, 0.05) is 23.2 Å². The molecule has 3 aliphatic heterocycles. The highest BCUT2D eigenvalue weighted by molar-refractivity contribution is 6.41. The molecule has 3 fully saturated rings. The minimum Gasteiger partial charge on any atom is -0.495 e. The molecule has 4 atom stereocenters. The molecule has 0 bridgehead atoms. The average Bonchev–Trinajstić information content (AvgIpc) is 3.54. The molecule has 40 heavy (non-hydrogen) atoms. The van der Waals surface area contributed by atoms with E-state index < -0.39 is 19.0 Å². The summed E-state index contributed by atoms with van der Waals surface area (Å²) in [5, 5.41) is 7.66. The first-order valence-corrected chi connectivity index (χ1v) is 13.3. The van der Waals surface area contributed by atoms with Gasteiger partial charge in [0.15, 0.2) is 5.82 Å². The zero-order valence-corrected chi connectivity index (χ0v) is 23.1. The quantitative estimate of drug-likeness (QED) is 0.277. The van der Waals surface area contributed by atoms with Crippen molar-refractivity contribution >= 4 is 45.9 Å². The van der Waals surface area contributed by atoms with Crippen LogP contribution < -0.4 is 25.0 Å². The van der Waals surface area contributed by atoms with Crippen molar-refractivity contribution in [2.24, 2.45) is 0 Å². The van der Waals surface area contributed by atoms with Gasteiger partial charge in [-0.05, 0) is 6.07 Å². The second-order valence-corrected chi connectivity index (χ2v) is 10.5. The van der Waals surface area contributed by atoms with Crippen LogP contribution in [0.2, 0.25) is 10.0 Å². The fourth-order valence-electron chi connectivity index (χ4n) is 4.89. The molecule has 2 N–H and O–H groups in total. The molecule has 5 heterocycles. The summed E-state index contributed by atoms with van der Waals surface area (Å²) in [4.78, 5) is 15.3. The number of nitrogens with zero attached hydrogens (tertiary/aromatic N) is 4. The highest BCUT2D eigenvalue weighted by Gasteiger charge is 2.45. The molecule has 14 heteroatoms. The summed E-state index contributed by atoms with van der Waals surface area (Å²) in [7, 11) is 2.93. The molecule has 0 aliphatic carbocycles. The SMILES string of the molecule is C=CC1OC1N[C@H]1COC[C@H]1Nc1ncc2cc(-c3c(Cl)c(OC)cc(OC)c3Cl)nc(N3CC(F)(F)C3)c2n1. The number of benzene rings is 1. The molecule has 3 saturated heterocycles. The third-order valence-corrected chi connectivity index (χ3v) is 7.80. The van der Waals surface area contributed by atoms with Gasteiger partial charge in [0.1, 0.15) is 29.3 Å². The van der Waals surface area contributed by atoms with E-state index in [2.05, 4.69) is 27.2 Å². The first-order valence-electron chi connectivity index (χ1n) is 12.5. The number of methoxy groups -OCH3 is 2. The second kappa shape index (κ2) is 10.4. The molecule has 2 aromatic heterocycles. The number of halogens is 4. The van der Waals surface area contributed by atoms with Crippen molar-refractivity contribution in [1.29, 1.82) is 0 Å². The molecule has 2 unspecified atom stereocenters. The Labute approximate surface area is 238 Å². The zero-order chi connectivity index (χ0) is 28.2. The molecule has 0 radical (unpaired) electrons. The Morgan fingerprint density at radius 3 is 2.42 bits per heavy atom. The lowest BCUT2D eigenvalue weighted by molar-refractivity contribution is -0.0265. The van der Waals surface area contributed by atoms with Gasteiger partial charge in [-0.1, -0.05) is 29.3 Å². The van der Waals surface area contributed by atoms with Crippen LogP contribution in [0.15, 0.2) is 31.0 Å². The van der Waals surface area contributed by atoms with Crippen molar-refractivity contribution in [2.45, 2.75) is 30.3 Å². The van der Waals surface area contributed by atoms with Crippen LogP contribution in [0.3, 0.4) is 0 Å². The highest BCUT2D eigenvalue weighted by atomic mass is 35.5. The lowest BCUT2D eigenvalue weighted by atomic mass is 10.1. The maximum absolute atomic E-state index is 14.0. The number of fused-ring (bicyclic) bond motifs is 1. The summed E-state index contributed by atoms with van der Waals surface area (Å²) in [6, 6.07) is 3.08. The van der Waals surface area contributed by atoms with Gasteiger partial charge in [-0.2, -0.15) is 0 Å². The number of epoxide rings is 1. The first kappa shape index (κ1) is 27.2. The molecule has 6 rings (SSSR count). The molecule has 1 aromatic carbocycles. The van der Waals surface area contributed by atoms with Crippen molar-refractivity contribution in [3.8, 4) is 22.8 Å². The molecule has 3 aromatic rings. The van der Waals surface area contributed by atoms with Gasteiger partial charge in [-0.15, -0.1) is 6.58 Å². The van der Waals surface area contributed by atoms with E-state index in [4.69, 9.17) is 47.1 Å². The monoisotopic (exact) mass is 594 g/mol. The number of anilines is 2. The second-order valence-electron chi connectivity index (χ2n) is 9.78. The summed E-state index contributed by atoms with van der Waals surface area (Å²) in [6.45, 7) is 3.67. The van der Waals surface area contributed by atoms with Crippen molar-refractivity contribution in [2.75, 3.05) is 50.7 Å². The van der Waals surface area contributed by atoms with Crippen LogP contribution in [-0.4, -0.2) is 85.8 Å². The van der Waals surface area contributed by atoms with Gasteiger partial charge in [0.25, 0.3) is 5.92 Å². The minimum atomic E-state index is -2.83. The zero-order valence-electron chi connectivity index (χ0n) is 21.6. The Hall–Kier alpha value is -3.03. The molecule has 212 valence electrons. The van der Waals surface area contributed by atoms with E-state index in [0.717, 1.165) is 0 Å². The van der Waals surface area contributed by atoms with E-state index in [0.29, 0.717) is 52.8 Å². The van der Waals surface area contributed by atoms with Gasteiger partial charge in [-0.25, -0.2) is 23.7 Å². The summed E-state index contributed by atoms with van der Waals surface area (Å²) < 4.78 is 49.8. The van der Waals surface area contributed by atoms with Crippen molar-refractivity contribution < 1.29 is 27.7 Å². The normalized spacial score (nSPS) is 25.0. The van der Waals surface area contributed by atoms with Gasteiger partial charge >= 0.3 is 0 Å². The van der Waals surface area contributed by atoms with Crippen molar-refractivity contribution in [3.63, 3.8) is 0 Å². The highest BCUT2D eigenvalue weighted by Crippen LogP contribution is 2.47. The largest absolute Gasteiger partial charge is 0.495 e. The Balaban J connectivity index is 1.38. The fraction of sp³-hybridized carbons (Fsp3) is 0.423. The fourth-order valence-corrected chi connectivity index (χ4v) is 5.58. The van der Waals surface area contributed by atoms with Crippen LogP contribution in [0, 0.1) is 0 Å². The average molecular weight is 595 g/mol. The predicted octanol–water partition coefficient (Wildman–Crippen LogP) is 4.15. The minimum absolute atomic E-state index is 0.0257. The van der Waals surface area contributed by atoms with Gasteiger partial charge in [0.05, 0.1) is 68.3 Å². The molecule has 3 aliphatic rings. The Bertz CT molecular complexity index is 1440. The molecular formula is C26H26Cl2F2N6O4. The summed E-state index contributed by atoms with van der Waals surface area (Å²) in [6.07, 6.45) is 3.21. The van der Waals surface area contributed by atoms with Crippen molar-refractivity contribution in [3.05, 3.63) is 41.0 Å². The van der Waals surface area contributed by atoms with E-state index in [-0.39, 0.29) is 40.3 Å². The Kier molecular flexibility index (Phi) is 7.07. The first-order chi connectivity index (χ1) is 19.2. The van der Waals surface area contributed by atoms with Crippen LogP contribution in [0.1, 0.15) is 0 Å². The number of rotatable bonds is 9. The number of aromatic nitrogens is 3. The van der Waals surface area contributed by atoms with Gasteiger partial charge in [-0.3, -0.25) is 5.32 Å². The van der Waals surface area contributed by atoms with Crippen LogP contribution in [0.5, 0.6) is 11.5 Å². The summed E-state index contributed by atoms with van der Waals surface area (Å²) >= 11 is 13.3. The smallest absolute Gasteiger partial charge is 0.282 e. The lowest BCUT2D eigenvalue weighted by Gasteiger charge is -2.39. The number of pyridine rings is 1. The molecular weight excluding hydrogens is 569 g/mol. The number of hydrogen-bond donors (Lipinski definition) is 2. The topological polar surface area (TPSA) is 106 Å². The van der Waals surface area contributed by atoms with E-state index in [9.17, 15) is 8.78 Å². The van der Waals surface area contributed by atoms with E-state index in [1.54, 1.807) is 24.4 Å². The molecule has 10 nitrogen and oxygen atoms in total. The van der Waals surface area contributed by atoms with Crippen LogP contribution >= 0.6 is 23.2 Å². The number of ether oxygens (including phenoxy) is 4. The Morgan fingerprint density at radius 1 is 1.10 bits per heavy atom. The van der Waals surface area contributed by atoms with Crippen molar-refractivity contribution in [1.82, 2.24) is 20.3 Å². The predicted molar refractivity (Wildman–Crippen MR) is 147 cm³/mol. The van der Waals surface area contributed by atoms with E-state index in [1.165, 1.54) is 19.1 Å². The van der Waals surface area contributed by atoms with Crippen LogP contribution in [-0.2, 0) is 9.47 Å². The number of hydrogen-bond acceptors (Lipinski definition) is 10. The summed E-state index contributed by atoms with van der Waals surface area (Å²) in [5.41, 5.74) is 1.08. The number of nitrogens with one attached hydrogen (secondary N) is 2. The maximum atomic E-state index is 14.0. The maximum Gasteiger partial charge on any atom is 0.282 e. The van der Waals surface area contributed by atoms with E-state index >= 15 is 0 Å². The molecule has 0 amide bonds. The third-order valence-electron chi connectivity index (χ3n) is 7.05. The number of alkyl halides is 2. The van der Waals surface area contributed by atoms with E-state index in [1.807, 2.05) is 0 Å². The standard InChI is InChI=1S/C26H26Cl2F2N6O4/c1-4-16-24(40-16)33-14-8-39-9-15(14)34-25-31-7-12-5-13(19-20(27)17(37-2)6-18(38-3)21(19)28)32-23(22(12)35-25)36-10-26(29,30)11-36/h4-7,14-16,24,33H,1,8-11H2,2-3H3,(H,31,34,35)/t14-,15+,16?,24?/m0/s1. The lowest BCUT2D eigenvalue weighted by Crippen LogP contribution is -2.56. The van der Waals surface area contributed by atoms with Crippen LogP contribution in [0.4, 0.5) is 20.5 Å². The molecule has 0 saturated carbocycles.